The zero-order valence-corrected chi connectivity index (χ0v) is 23.0. The second-order valence-electron chi connectivity index (χ2n) is 9.93. The molecule has 3 rings (SSSR count). The van der Waals surface area contributed by atoms with Crippen molar-refractivity contribution in [1.82, 2.24) is 9.97 Å². The number of hydrogen-bond acceptors (Lipinski definition) is 8. The number of esters is 1. The molecule has 0 amide bonds. The van der Waals surface area contributed by atoms with Crippen LogP contribution in [0.1, 0.15) is 67.9 Å². The zero-order chi connectivity index (χ0) is 28.5. The summed E-state index contributed by atoms with van der Waals surface area (Å²) >= 11 is 0. The summed E-state index contributed by atoms with van der Waals surface area (Å²) in [5, 5.41) is 8.89. The predicted molar refractivity (Wildman–Crippen MR) is 145 cm³/mol. The number of anilines is 1. The van der Waals surface area contributed by atoms with Gasteiger partial charge in [-0.15, -0.1) is 0 Å². The molecule has 2 aromatic carbocycles. The molecular weight excluding hydrogens is 522 g/mol. The van der Waals surface area contributed by atoms with E-state index in [2.05, 4.69) is 14.7 Å². The first-order valence-corrected chi connectivity index (χ1v) is 14.0. The largest absolute Gasteiger partial charge is 0.489 e. The molecule has 0 unspecified atom stereocenters. The predicted octanol–water partition coefficient (Wildman–Crippen LogP) is 5.00. The Labute approximate surface area is 228 Å². The second kappa shape index (κ2) is 13.2. The van der Waals surface area contributed by atoms with E-state index < -0.39 is 21.6 Å². The molecule has 3 aromatic rings. The van der Waals surface area contributed by atoms with Gasteiger partial charge in [-0.3, -0.25) is 4.79 Å². The molecule has 0 spiro atoms. The lowest BCUT2D eigenvalue weighted by atomic mass is 10.1. The van der Waals surface area contributed by atoms with Crippen molar-refractivity contribution >= 4 is 27.9 Å². The highest BCUT2D eigenvalue weighted by Crippen LogP contribution is 2.19. The fourth-order valence-corrected chi connectivity index (χ4v) is 4.48. The van der Waals surface area contributed by atoms with E-state index in [1.165, 1.54) is 17.7 Å². The molecule has 0 aliphatic carbocycles. The fraction of sp³-hybridized carbons (Fsp3) is 0.357. The van der Waals surface area contributed by atoms with Crippen molar-refractivity contribution in [2.45, 2.75) is 70.0 Å². The molecule has 1 heterocycles. The Hall–Kier alpha value is -3.99. The lowest BCUT2D eigenvalue weighted by Gasteiger charge is -2.19. The number of benzene rings is 2. The van der Waals surface area contributed by atoms with E-state index in [0.717, 1.165) is 43.6 Å². The number of rotatable bonds is 13. The summed E-state index contributed by atoms with van der Waals surface area (Å²) in [6.07, 6.45) is 6.12. The van der Waals surface area contributed by atoms with Crippen molar-refractivity contribution in [3.8, 4) is 5.75 Å². The van der Waals surface area contributed by atoms with E-state index in [4.69, 9.17) is 14.6 Å². The number of unbranched alkanes of at least 4 members (excludes halogenated alkanes) is 2. The molecular formula is C28H33N3O7S. The number of nitrogens with one attached hydrogen (secondary N) is 1. The van der Waals surface area contributed by atoms with Gasteiger partial charge in [0.05, 0.1) is 10.5 Å². The molecule has 11 heteroatoms. The second-order valence-corrected chi connectivity index (χ2v) is 11.6. The lowest BCUT2D eigenvalue weighted by Crippen LogP contribution is -2.23. The number of hydrogen-bond donors (Lipinski definition) is 2. The van der Waals surface area contributed by atoms with Gasteiger partial charge in [-0.1, -0.05) is 30.7 Å². The maximum atomic E-state index is 12.6. The van der Waals surface area contributed by atoms with Gasteiger partial charge in [0.25, 0.3) is 10.0 Å². The molecule has 1 aromatic heterocycles. The Bertz CT molecular complexity index is 1350. The minimum atomic E-state index is -3.94. The van der Waals surface area contributed by atoms with Crippen LogP contribution in [0.15, 0.2) is 65.8 Å². The van der Waals surface area contributed by atoms with E-state index in [0.29, 0.717) is 12.2 Å². The van der Waals surface area contributed by atoms with Crippen LogP contribution >= 0.6 is 0 Å². The summed E-state index contributed by atoms with van der Waals surface area (Å²) < 4.78 is 38.5. The normalized spacial score (nSPS) is 11.6. The van der Waals surface area contributed by atoms with Gasteiger partial charge in [-0.05, 0) is 75.4 Å². The fourth-order valence-electron chi connectivity index (χ4n) is 3.52. The third-order valence-corrected chi connectivity index (χ3v) is 6.80. The van der Waals surface area contributed by atoms with Crippen molar-refractivity contribution in [2.24, 2.45) is 0 Å². The van der Waals surface area contributed by atoms with Gasteiger partial charge in [-0.25, -0.2) is 27.9 Å². The van der Waals surface area contributed by atoms with Gasteiger partial charge >= 0.3 is 11.9 Å². The maximum absolute atomic E-state index is 12.6. The highest BCUT2D eigenvalue weighted by molar-refractivity contribution is 7.92. The lowest BCUT2D eigenvalue weighted by molar-refractivity contribution is -0.154. The number of aromatic carboxylic acids is 1. The van der Waals surface area contributed by atoms with Crippen LogP contribution in [-0.2, 0) is 32.6 Å². The van der Waals surface area contributed by atoms with Crippen molar-refractivity contribution in [1.29, 1.82) is 0 Å². The van der Waals surface area contributed by atoms with Crippen LogP contribution in [0.4, 0.5) is 5.95 Å². The number of carboxylic acids is 1. The Morgan fingerprint density at radius 1 is 0.897 bits per heavy atom. The van der Waals surface area contributed by atoms with Crippen LogP contribution in [0, 0.1) is 0 Å². The standard InChI is InChI=1S/C28H33N3O7S/c1-28(2,3)38-25(32)8-6-4-5-7-20-9-13-23(14-10-20)37-19-21-11-15-24(16-12-21)39(35,36)31-27-29-17-22(18-30-27)26(33)34/h9-18H,4-8,19H2,1-3H3,(H,33,34)(H,29,30,31). The minimum absolute atomic E-state index is 0.00704. The number of carbonyl (C=O) groups excluding carboxylic acids is 1. The van der Waals surface area contributed by atoms with Gasteiger partial charge < -0.3 is 14.6 Å². The minimum Gasteiger partial charge on any atom is -0.489 e. The van der Waals surface area contributed by atoms with Crippen molar-refractivity contribution in [3.63, 3.8) is 0 Å². The van der Waals surface area contributed by atoms with Gasteiger partial charge in [-0.2, -0.15) is 0 Å². The van der Waals surface area contributed by atoms with Crippen LogP contribution in [0.5, 0.6) is 5.75 Å². The van der Waals surface area contributed by atoms with Gasteiger partial charge in [0.15, 0.2) is 0 Å². The molecule has 0 fully saturated rings. The summed E-state index contributed by atoms with van der Waals surface area (Å²) in [4.78, 5) is 30.1. The molecule has 2 N–H and O–H groups in total. The third-order valence-electron chi connectivity index (χ3n) is 5.45. The average molecular weight is 556 g/mol. The molecule has 39 heavy (non-hydrogen) atoms. The van der Waals surface area contributed by atoms with Crippen molar-refractivity contribution in [2.75, 3.05) is 4.72 Å². The average Bonchev–Trinajstić information content (AvgIpc) is 2.87. The summed E-state index contributed by atoms with van der Waals surface area (Å²) in [6.45, 7) is 5.86. The van der Waals surface area contributed by atoms with Gasteiger partial charge in [0, 0.05) is 18.8 Å². The molecule has 0 radical (unpaired) electrons. The van der Waals surface area contributed by atoms with E-state index in [1.54, 1.807) is 12.1 Å². The molecule has 0 saturated heterocycles. The SMILES string of the molecule is CC(C)(C)OC(=O)CCCCCc1ccc(OCc2ccc(S(=O)(=O)Nc3ncc(C(=O)O)cn3)cc2)cc1. The number of nitrogens with zero attached hydrogens (tertiary/aromatic N) is 2. The maximum Gasteiger partial charge on any atom is 0.338 e. The first kappa shape index (κ1) is 29.6. The summed E-state index contributed by atoms with van der Waals surface area (Å²) in [5.41, 5.74) is 1.37. The Morgan fingerprint density at radius 3 is 2.10 bits per heavy atom. The highest BCUT2D eigenvalue weighted by Gasteiger charge is 2.17. The molecule has 0 saturated carbocycles. The summed E-state index contributed by atoms with van der Waals surface area (Å²) in [6, 6.07) is 14.0. The monoisotopic (exact) mass is 555 g/mol. The van der Waals surface area contributed by atoms with E-state index in [1.807, 2.05) is 45.0 Å². The van der Waals surface area contributed by atoms with E-state index >= 15 is 0 Å². The number of carbonyl (C=O) groups is 2. The van der Waals surface area contributed by atoms with E-state index in [-0.39, 0.29) is 29.0 Å². The molecule has 0 aliphatic heterocycles. The van der Waals surface area contributed by atoms with Crippen LogP contribution < -0.4 is 9.46 Å². The van der Waals surface area contributed by atoms with E-state index in [9.17, 15) is 18.0 Å². The Kier molecular flexibility index (Phi) is 10.00. The highest BCUT2D eigenvalue weighted by atomic mass is 32.2. The van der Waals surface area contributed by atoms with Crippen molar-refractivity contribution in [3.05, 3.63) is 77.6 Å². The van der Waals surface area contributed by atoms with Crippen LogP contribution in [0.2, 0.25) is 0 Å². The molecule has 0 bridgehead atoms. The number of sulfonamides is 1. The van der Waals surface area contributed by atoms with Crippen LogP contribution in [0.25, 0.3) is 0 Å². The van der Waals surface area contributed by atoms with Crippen LogP contribution in [0.3, 0.4) is 0 Å². The first-order valence-electron chi connectivity index (χ1n) is 12.5. The van der Waals surface area contributed by atoms with Crippen molar-refractivity contribution < 1.29 is 32.6 Å². The Morgan fingerprint density at radius 2 is 1.51 bits per heavy atom. The van der Waals surface area contributed by atoms with Gasteiger partial charge in [0.1, 0.15) is 18.0 Å². The zero-order valence-electron chi connectivity index (χ0n) is 22.2. The quantitative estimate of drug-likeness (QED) is 0.220. The summed E-state index contributed by atoms with van der Waals surface area (Å²) in [5.74, 6) is -0.890. The first-order chi connectivity index (χ1) is 18.4. The third kappa shape index (κ3) is 10.0. The Balaban J connectivity index is 1.42. The molecule has 208 valence electrons. The smallest absolute Gasteiger partial charge is 0.338 e. The van der Waals surface area contributed by atoms with Crippen LogP contribution in [-0.4, -0.2) is 41.0 Å². The molecule has 0 aliphatic rings. The summed E-state index contributed by atoms with van der Waals surface area (Å²) in [7, 11) is -3.94. The molecule has 10 nitrogen and oxygen atoms in total. The number of aryl methyl sites for hydroxylation is 1. The molecule has 0 atom stereocenters. The number of aromatic nitrogens is 2. The van der Waals surface area contributed by atoms with Gasteiger partial charge in [0.2, 0.25) is 5.95 Å². The number of ether oxygens (including phenoxy) is 2. The number of carboxylic acid groups (broad SMARTS) is 1. The topological polar surface area (TPSA) is 145 Å².